The van der Waals surface area contributed by atoms with Gasteiger partial charge in [0.2, 0.25) is 5.91 Å². The fourth-order valence-corrected chi connectivity index (χ4v) is 3.18. The summed E-state index contributed by atoms with van der Waals surface area (Å²) in [6.45, 7) is 3.31. The molecule has 0 radical (unpaired) electrons. The molecular weight excluding hydrogens is 316 g/mol. The third-order valence-corrected chi connectivity index (χ3v) is 4.54. The van der Waals surface area contributed by atoms with E-state index in [1.54, 1.807) is 6.20 Å². The van der Waals surface area contributed by atoms with Crippen LogP contribution in [0.2, 0.25) is 0 Å². The van der Waals surface area contributed by atoms with Crippen LogP contribution < -0.4 is 10.6 Å². The lowest BCUT2D eigenvalue weighted by Gasteiger charge is -2.15. The molecule has 6 nitrogen and oxygen atoms in total. The van der Waals surface area contributed by atoms with E-state index in [9.17, 15) is 9.59 Å². The Labute approximate surface area is 147 Å². The number of rotatable bonds is 5. The molecule has 1 aromatic carbocycles. The molecule has 2 amide bonds. The Hall–Kier alpha value is -2.63. The van der Waals surface area contributed by atoms with Crippen LogP contribution in [0.1, 0.15) is 47.8 Å². The summed E-state index contributed by atoms with van der Waals surface area (Å²) in [5.41, 5.74) is 2.57. The Kier molecular flexibility index (Phi) is 5.48. The van der Waals surface area contributed by atoms with Gasteiger partial charge in [0, 0.05) is 6.54 Å². The van der Waals surface area contributed by atoms with E-state index >= 15 is 0 Å². The topological polar surface area (TPSA) is 76.0 Å². The van der Waals surface area contributed by atoms with E-state index in [0.29, 0.717) is 31.5 Å². The zero-order valence-electron chi connectivity index (χ0n) is 14.5. The number of aromatic nitrogens is 2. The molecule has 2 heterocycles. The van der Waals surface area contributed by atoms with Gasteiger partial charge >= 0.3 is 0 Å². The second-order valence-electron chi connectivity index (χ2n) is 6.31. The summed E-state index contributed by atoms with van der Waals surface area (Å²) in [5.74, 6) is -0.321. The summed E-state index contributed by atoms with van der Waals surface area (Å²) >= 11 is 0. The Morgan fingerprint density at radius 3 is 2.88 bits per heavy atom. The summed E-state index contributed by atoms with van der Waals surface area (Å²) in [7, 11) is 0. The molecule has 6 heteroatoms. The van der Waals surface area contributed by atoms with Gasteiger partial charge in [-0.25, -0.2) is 0 Å². The number of nitrogens with zero attached hydrogens (tertiary/aromatic N) is 2. The average Bonchev–Trinajstić information content (AvgIpc) is 2.92. The maximum Gasteiger partial charge on any atom is 0.255 e. The van der Waals surface area contributed by atoms with Gasteiger partial charge in [0.25, 0.3) is 5.91 Å². The van der Waals surface area contributed by atoms with Crippen molar-refractivity contribution < 1.29 is 9.59 Å². The minimum atomic E-state index is -0.461. The van der Waals surface area contributed by atoms with Crippen molar-refractivity contribution in [1.29, 1.82) is 0 Å². The Morgan fingerprint density at radius 1 is 1.32 bits per heavy atom. The third kappa shape index (κ3) is 4.07. The molecule has 2 aromatic rings. The molecule has 2 N–H and O–H groups in total. The van der Waals surface area contributed by atoms with Gasteiger partial charge in [-0.3, -0.25) is 14.3 Å². The van der Waals surface area contributed by atoms with Gasteiger partial charge in [0.05, 0.1) is 24.0 Å². The SMILES string of the molecule is CCc1c(C(=O)NC2CCCCNC2=O)cnn1Cc1ccccc1. The second-order valence-corrected chi connectivity index (χ2v) is 6.31. The number of nitrogens with one attached hydrogen (secondary N) is 2. The highest BCUT2D eigenvalue weighted by Crippen LogP contribution is 2.14. The minimum absolute atomic E-state index is 0.0967. The average molecular weight is 340 g/mol. The lowest BCUT2D eigenvalue weighted by atomic mass is 10.1. The number of carbonyl (C=O) groups excluding carboxylic acids is 2. The van der Waals surface area contributed by atoms with E-state index in [1.165, 1.54) is 0 Å². The second kappa shape index (κ2) is 7.96. The lowest BCUT2D eigenvalue weighted by molar-refractivity contribution is -0.122. The molecule has 0 spiro atoms. The molecule has 1 aliphatic rings. The normalized spacial score (nSPS) is 17.6. The smallest absolute Gasteiger partial charge is 0.255 e. The Balaban J connectivity index is 1.75. The number of benzene rings is 1. The van der Waals surface area contributed by atoms with Crippen molar-refractivity contribution in [1.82, 2.24) is 20.4 Å². The zero-order valence-corrected chi connectivity index (χ0v) is 14.5. The first-order valence-electron chi connectivity index (χ1n) is 8.86. The number of hydrogen-bond acceptors (Lipinski definition) is 3. The van der Waals surface area contributed by atoms with Crippen LogP contribution in [0.15, 0.2) is 36.5 Å². The van der Waals surface area contributed by atoms with Crippen molar-refractivity contribution in [3.63, 3.8) is 0 Å². The van der Waals surface area contributed by atoms with Crippen molar-refractivity contribution in [3.05, 3.63) is 53.3 Å². The van der Waals surface area contributed by atoms with Crippen LogP contribution in [0.5, 0.6) is 0 Å². The predicted octanol–water partition coefficient (Wildman–Crippen LogP) is 1.89. The summed E-state index contributed by atoms with van der Waals surface area (Å²) in [6.07, 6.45) is 4.86. The highest BCUT2D eigenvalue weighted by molar-refractivity contribution is 5.98. The molecule has 1 aromatic heterocycles. The molecule has 1 fully saturated rings. The van der Waals surface area contributed by atoms with Gasteiger partial charge in [-0.15, -0.1) is 0 Å². The molecule has 1 atom stereocenters. The first-order chi connectivity index (χ1) is 12.2. The number of hydrogen-bond donors (Lipinski definition) is 2. The highest BCUT2D eigenvalue weighted by atomic mass is 16.2. The fourth-order valence-electron chi connectivity index (χ4n) is 3.18. The van der Waals surface area contributed by atoms with Crippen LogP contribution >= 0.6 is 0 Å². The summed E-state index contributed by atoms with van der Waals surface area (Å²) in [6, 6.07) is 9.57. The van der Waals surface area contributed by atoms with Crippen LogP contribution in [0.4, 0.5) is 0 Å². The van der Waals surface area contributed by atoms with Crippen LogP contribution in [0.25, 0.3) is 0 Å². The fraction of sp³-hybridized carbons (Fsp3) is 0.421. The van der Waals surface area contributed by atoms with Crippen molar-refractivity contribution in [2.45, 2.75) is 45.2 Å². The quantitative estimate of drug-likeness (QED) is 0.873. The molecule has 3 rings (SSSR count). The maximum absolute atomic E-state index is 12.7. The van der Waals surface area contributed by atoms with E-state index in [2.05, 4.69) is 15.7 Å². The number of carbonyl (C=O) groups is 2. The van der Waals surface area contributed by atoms with Crippen molar-refractivity contribution >= 4 is 11.8 Å². The van der Waals surface area contributed by atoms with Gasteiger partial charge < -0.3 is 10.6 Å². The Morgan fingerprint density at radius 2 is 2.12 bits per heavy atom. The van der Waals surface area contributed by atoms with Gasteiger partial charge in [0.15, 0.2) is 0 Å². The molecular formula is C19H24N4O2. The summed E-state index contributed by atoms with van der Waals surface area (Å²) in [4.78, 5) is 24.7. The standard InChI is InChI=1S/C19H24N4O2/c1-2-17-15(12-21-23(17)13-14-8-4-3-5-9-14)18(24)22-16-10-6-7-11-20-19(16)25/h3-5,8-9,12,16H,2,6-7,10-11,13H2,1H3,(H,20,25)(H,22,24). The van der Waals surface area contributed by atoms with E-state index in [1.807, 2.05) is 41.9 Å². The van der Waals surface area contributed by atoms with E-state index in [-0.39, 0.29) is 11.8 Å². The van der Waals surface area contributed by atoms with Crippen LogP contribution in [0, 0.1) is 0 Å². The number of amides is 2. The van der Waals surface area contributed by atoms with Crippen LogP contribution in [0.3, 0.4) is 0 Å². The minimum Gasteiger partial charge on any atom is -0.354 e. The molecule has 0 saturated carbocycles. The van der Waals surface area contributed by atoms with Gasteiger partial charge in [-0.2, -0.15) is 5.10 Å². The van der Waals surface area contributed by atoms with Gasteiger partial charge in [0.1, 0.15) is 6.04 Å². The van der Waals surface area contributed by atoms with Crippen molar-refractivity contribution in [3.8, 4) is 0 Å². The first kappa shape index (κ1) is 17.2. The predicted molar refractivity (Wildman–Crippen MR) is 95.3 cm³/mol. The maximum atomic E-state index is 12.7. The largest absolute Gasteiger partial charge is 0.354 e. The first-order valence-corrected chi connectivity index (χ1v) is 8.86. The summed E-state index contributed by atoms with van der Waals surface area (Å²) in [5, 5.41) is 10.1. The third-order valence-electron chi connectivity index (χ3n) is 4.54. The van der Waals surface area contributed by atoms with Gasteiger partial charge in [-0.05, 0) is 31.2 Å². The lowest BCUT2D eigenvalue weighted by Crippen LogP contribution is -2.45. The molecule has 0 aliphatic carbocycles. The molecule has 25 heavy (non-hydrogen) atoms. The summed E-state index contributed by atoms with van der Waals surface area (Å²) < 4.78 is 1.86. The molecule has 1 unspecified atom stereocenters. The van der Waals surface area contributed by atoms with E-state index in [4.69, 9.17) is 0 Å². The van der Waals surface area contributed by atoms with Gasteiger partial charge in [-0.1, -0.05) is 37.3 Å². The molecule has 0 bridgehead atoms. The molecule has 132 valence electrons. The van der Waals surface area contributed by atoms with Crippen LogP contribution in [-0.2, 0) is 17.8 Å². The van der Waals surface area contributed by atoms with Crippen LogP contribution in [-0.4, -0.2) is 34.2 Å². The molecule has 1 saturated heterocycles. The highest BCUT2D eigenvalue weighted by Gasteiger charge is 2.25. The van der Waals surface area contributed by atoms with Crippen molar-refractivity contribution in [2.24, 2.45) is 0 Å². The molecule has 1 aliphatic heterocycles. The van der Waals surface area contributed by atoms with E-state index < -0.39 is 6.04 Å². The van der Waals surface area contributed by atoms with Crippen molar-refractivity contribution in [2.75, 3.05) is 6.54 Å². The monoisotopic (exact) mass is 340 g/mol. The van der Waals surface area contributed by atoms with E-state index in [0.717, 1.165) is 24.1 Å². The zero-order chi connectivity index (χ0) is 17.6. The Bertz CT molecular complexity index is 739.